The number of rotatable bonds is 12. The van der Waals surface area contributed by atoms with Gasteiger partial charge in [-0.05, 0) is 22.4 Å². The summed E-state index contributed by atoms with van der Waals surface area (Å²) in [5, 5.41) is 0. The van der Waals surface area contributed by atoms with E-state index < -0.39 is 0 Å². The maximum absolute atomic E-state index is 6.55. The highest BCUT2D eigenvalue weighted by Gasteiger charge is 2.39. The fraction of sp³-hybridized carbons (Fsp3) is 0.379. The summed E-state index contributed by atoms with van der Waals surface area (Å²) in [6.07, 6.45) is 0.478. The van der Waals surface area contributed by atoms with Crippen LogP contribution in [0.25, 0.3) is 0 Å². The van der Waals surface area contributed by atoms with Gasteiger partial charge in [-0.2, -0.15) is 0 Å². The van der Waals surface area contributed by atoms with Gasteiger partial charge in [0.1, 0.15) is 11.5 Å². The van der Waals surface area contributed by atoms with Crippen LogP contribution >= 0.6 is 11.8 Å². The highest BCUT2D eigenvalue weighted by molar-refractivity contribution is 7.99. The molecule has 0 aromatic heterocycles. The van der Waals surface area contributed by atoms with Crippen LogP contribution in [0.15, 0.2) is 91.0 Å². The third-order valence-corrected chi connectivity index (χ3v) is 6.91. The molecule has 0 amide bonds. The molecule has 4 atom stereocenters. The zero-order valence-electron chi connectivity index (χ0n) is 19.8. The Bertz CT molecular complexity index is 938. The third-order valence-electron chi connectivity index (χ3n) is 5.83. The molecule has 1 heterocycles. The van der Waals surface area contributed by atoms with Crippen LogP contribution in [0.1, 0.15) is 30.0 Å². The molecular formula is C29H34O4S. The third kappa shape index (κ3) is 7.69. The molecule has 1 aliphatic rings. The average molecular weight is 479 g/mol. The van der Waals surface area contributed by atoms with Crippen LogP contribution in [0, 0.1) is 0 Å². The van der Waals surface area contributed by atoms with Crippen LogP contribution in [0.2, 0.25) is 0 Å². The van der Waals surface area contributed by atoms with Crippen molar-refractivity contribution in [3.63, 3.8) is 0 Å². The first-order valence-corrected chi connectivity index (χ1v) is 13.1. The summed E-state index contributed by atoms with van der Waals surface area (Å²) < 4.78 is 25.4. The molecule has 0 radical (unpaired) electrons. The molecule has 1 fully saturated rings. The van der Waals surface area contributed by atoms with Crippen molar-refractivity contribution in [2.45, 2.75) is 56.9 Å². The molecule has 0 aliphatic carbocycles. The van der Waals surface area contributed by atoms with Crippen LogP contribution in [0.3, 0.4) is 0 Å². The fourth-order valence-corrected chi connectivity index (χ4v) is 5.00. The smallest absolute Gasteiger partial charge is 0.130 e. The quantitative estimate of drug-likeness (QED) is 0.308. The summed E-state index contributed by atoms with van der Waals surface area (Å²) in [7, 11) is 0. The summed E-state index contributed by atoms with van der Waals surface area (Å²) in [5.74, 6) is 0.961. The molecule has 180 valence electrons. The monoisotopic (exact) mass is 478 g/mol. The fourth-order valence-electron chi connectivity index (χ4n) is 4.04. The van der Waals surface area contributed by atoms with Crippen molar-refractivity contribution in [1.29, 1.82) is 0 Å². The average Bonchev–Trinajstić information content (AvgIpc) is 2.89. The molecule has 4 nitrogen and oxygen atoms in total. The molecule has 5 heteroatoms. The molecule has 0 saturated carbocycles. The SMILES string of the molecule is CCSC1O[C@H](COCc2ccccc2)[C@@H](OCc2ccccc2)C[C@H]1OCc1ccccc1. The summed E-state index contributed by atoms with van der Waals surface area (Å²) in [6.45, 7) is 4.31. The Morgan fingerprint density at radius 2 is 1.21 bits per heavy atom. The van der Waals surface area contributed by atoms with Gasteiger partial charge < -0.3 is 18.9 Å². The van der Waals surface area contributed by atoms with Crippen LogP contribution < -0.4 is 0 Å². The van der Waals surface area contributed by atoms with Crippen molar-refractivity contribution in [2.24, 2.45) is 0 Å². The molecule has 0 spiro atoms. The van der Waals surface area contributed by atoms with E-state index in [4.69, 9.17) is 18.9 Å². The van der Waals surface area contributed by atoms with E-state index in [2.05, 4.69) is 43.3 Å². The molecule has 34 heavy (non-hydrogen) atoms. The topological polar surface area (TPSA) is 36.9 Å². The van der Waals surface area contributed by atoms with E-state index in [0.717, 1.165) is 28.9 Å². The summed E-state index contributed by atoms with van der Waals surface area (Å²) in [5.41, 5.74) is 3.43. The van der Waals surface area contributed by atoms with Gasteiger partial charge in [0, 0.05) is 6.42 Å². The zero-order valence-corrected chi connectivity index (χ0v) is 20.6. The van der Waals surface area contributed by atoms with Gasteiger partial charge in [0.25, 0.3) is 0 Å². The van der Waals surface area contributed by atoms with Crippen molar-refractivity contribution in [1.82, 2.24) is 0 Å². The molecular weight excluding hydrogens is 444 g/mol. The second kappa shape index (κ2) is 13.7. The van der Waals surface area contributed by atoms with Gasteiger partial charge in [-0.15, -0.1) is 11.8 Å². The lowest BCUT2D eigenvalue weighted by atomic mass is 10.0. The van der Waals surface area contributed by atoms with Crippen molar-refractivity contribution >= 4 is 11.8 Å². The molecule has 1 saturated heterocycles. The molecule has 0 bridgehead atoms. The van der Waals surface area contributed by atoms with Crippen molar-refractivity contribution in [2.75, 3.05) is 12.4 Å². The van der Waals surface area contributed by atoms with E-state index in [-0.39, 0.29) is 23.7 Å². The van der Waals surface area contributed by atoms with Gasteiger partial charge in [-0.3, -0.25) is 0 Å². The first-order valence-electron chi connectivity index (χ1n) is 12.0. The van der Waals surface area contributed by atoms with Crippen molar-refractivity contribution in [3.05, 3.63) is 108 Å². The van der Waals surface area contributed by atoms with Crippen LogP contribution in [-0.4, -0.2) is 36.1 Å². The maximum atomic E-state index is 6.55. The van der Waals surface area contributed by atoms with Gasteiger partial charge in [-0.1, -0.05) is 97.9 Å². The van der Waals surface area contributed by atoms with Crippen molar-refractivity contribution in [3.8, 4) is 0 Å². The lowest BCUT2D eigenvalue weighted by Gasteiger charge is -2.41. The zero-order chi connectivity index (χ0) is 23.4. The minimum Gasteiger partial charge on any atom is -0.374 e. The normalized spacial score (nSPS) is 22.5. The molecule has 1 unspecified atom stereocenters. The van der Waals surface area contributed by atoms with Gasteiger partial charge in [0.15, 0.2) is 0 Å². The van der Waals surface area contributed by atoms with Gasteiger partial charge >= 0.3 is 0 Å². The number of thioether (sulfide) groups is 1. The van der Waals surface area contributed by atoms with Crippen LogP contribution in [0.5, 0.6) is 0 Å². The Morgan fingerprint density at radius 1 is 0.706 bits per heavy atom. The Kier molecular flexibility index (Phi) is 10.0. The molecule has 0 N–H and O–H groups in total. The van der Waals surface area contributed by atoms with E-state index >= 15 is 0 Å². The lowest BCUT2D eigenvalue weighted by molar-refractivity contribution is -0.191. The number of hydrogen-bond acceptors (Lipinski definition) is 5. The van der Waals surface area contributed by atoms with E-state index in [0.29, 0.717) is 26.4 Å². The van der Waals surface area contributed by atoms with Gasteiger partial charge in [0.2, 0.25) is 0 Å². The molecule has 3 aromatic carbocycles. The molecule has 1 aliphatic heterocycles. The predicted octanol–water partition coefficient (Wildman–Crippen LogP) is 6.24. The van der Waals surface area contributed by atoms with E-state index in [1.807, 2.05) is 54.6 Å². The number of hydrogen-bond donors (Lipinski definition) is 0. The standard InChI is InChI=1S/C29H34O4S/c1-2-34-29-27(32-21-25-16-10-5-11-17-25)18-26(31-20-24-14-8-4-9-15-24)28(33-29)22-30-19-23-12-6-3-7-13-23/h3-17,26-29H,2,18-22H2,1H3/t26-,27+,28+,29?/m0/s1. The summed E-state index contributed by atoms with van der Waals surface area (Å²) in [6, 6.07) is 30.8. The largest absolute Gasteiger partial charge is 0.374 e. The maximum Gasteiger partial charge on any atom is 0.130 e. The Hall–Kier alpha value is -2.15. The Morgan fingerprint density at radius 3 is 1.74 bits per heavy atom. The van der Waals surface area contributed by atoms with Gasteiger partial charge in [-0.25, -0.2) is 0 Å². The van der Waals surface area contributed by atoms with E-state index in [1.165, 1.54) is 0 Å². The van der Waals surface area contributed by atoms with Gasteiger partial charge in [0.05, 0.1) is 38.6 Å². The van der Waals surface area contributed by atoms with Crippen LogP contribution in [0.4, 0.5) is 0 Å². The van der Waals surface area contributed by atoms with E-state index in [9.17, 15) is 0 Å². The number of ether oxygens (including phenoxy) is 4. The minimum absolute atomic E-state index is 0.0451. The molecule has 4 rings (SSSR count). The first kappa shape index (κ1) is 25.0. The summed E-state index contributed by atoms with van der Waals surface area (Å²) in [4.78, 5) is 0. The summed E-state index contributed by atoms with van der Waals surface area (Å²) >= 11 is 1.79. The van der Waals surface area contributed by atoms with Crippen molar-refractivity contribution < 1.29 is 18.9 Å². The number of benzene rings is 3. The second-order valence-electron chi connectivity index (χ2n) is 8.40. The highest BCUT2D eigenvalue weighted by Crippen LogP contribution is 2.32. The van der Waals surface area contributed by atoms with E-state index in [1.54, 1.807) is 11.8 Å². The highest BCUT2D eigenvalue weighted by atomic mass is 32.2. The minimum atomic E-state index is -0.145. The van der Waals surface area contributed by atoms with Crippen LogP contribution in [-0.2, 0) is 38.8 Å². The Labute approximate surface area is 207 Å². The molecule has 3 aromatic rings. The lowest BCUT2D eigenvalue weighted by Crippen LogP contribution is -2.49. The predicted molar refractivity (Wildman–Crippen MR) is 138 cm³/mol. The Balaban J connectivity index is 1.41. The second-order valence-corrected chi connectivity index (χ2v) is 9.78. The first-order chi connectivity index (χ1) is 16.8.